The normalized spacial score (nSPS) is 18.5. The van der Waals surface area contributed by atoms with E-state index in [-0.39, 0.29) is 0 Å². The molecule has 36 valence electrons. The van der Waals surface area contributed by atoms with E-state index in [1.165, 1.54) is 12.8 Å². The molecule has 0 aromatic rings. The van der Waals surface area contributed by atoms with Crippen LogP contribution in [0, 0.1) is 0 Å². The molecular weight excluding hydrogens is 189 g/mol. The second kappa shape index (κ2) is 1.91. The maximum absolute atomic E-state index is 3.35. The van der Waals surface area contributed by atoms with Crippen LogP contribution >= 0.6 is 0 Å². The Hall–Kier alpha value is 0.400. The number of hydrogen-bond donors (Lipinski definition) is 1. The van der Waals surface area contributed by atoms with Crippen molar-refractivity contribution in [3.05, 3.63) is 0 Å². The SMILES string of the molecule is C[I-][NH+]=C1CC1. The molecule has 1 N–H and O–H groups in total. The van der Waals surface area contributed by atoms with Crippen molar-refractivity contribution in [1.29, 1.82) is 0 Å². The van der Waals surface area contributed by atoms with Gasteiger partial charge in [0.1, 0.15) is 0 Å². The van der Waals surface area contributed by atoms with Crippen LogP contribution in [0.15, 0.2) is 0 Å². The van der Waals surface area contributed by atoms with Gasteiger partial charge in [0, 0.05) is 0 Å². The van der Waals surface area contributed by atoms with E-state index in [1.807, 2.05) is 0 Å². The Bertz CT molecular complexity index is 71.6. The molecule has 0 unspecified atom stereocenters. The van der Waals surface area contributed by atoms with Crippen molar-refractivity contribution in [3.63, 3.8) is 0 Å². The molecule has 1 rings (SSSR count). The molecule has 0 amide bonds. The number of alkyl halides is 1. The van der Waals surface area contributed by atoms with Gasteiger partial charge in [-0.05, 0) is 0 Å². The Kier molecular flexibility index (Phi) is 1.45. The molecule has 1 fully saturated rings. The summed E-state index contributed by atoms with van der Waals surface area (Å²) in [6, 6.07) is 0. The summed E-state index contributed by atoms with van der Waals surface area (Å²) in [5.41, 5.74) is 1.59. The van der Waals surface area contributed by atoms with Crippen LogP contribution in [-0.4, -0.2) is 10.6 Å². The van der Waals surface area contributed by atoms with Gasteiger partial charge in [0.2, 0.25) is 0 Å². The second-order valence-corrected chi connectivity index (χ2v) is 3.01. The van der Waals surface area contributed by atoms with Gasteiger partial charge in [-0.15, -0.1) is 0 Å². The summed E-state index contributed by atoms with van der Waals surface area (Å²) in [7, 11) is 0. The number of rotatable bonds is 1. The van der Waals surface area contributed by atoms with Crippen LogP contribution in [-0.2, 0) is 0 Å². The summed E-state index contributed by atoms with van der Waals surface area (Å²) < 4.78 is 3.35. The summed E-state index contributed by atoms with van der Waals surface area (Å²) >= 11 is 0.343. The summed E-state index contributed by atoms with van der Waals surface area (Å²) in [6.45, 7) is 0. The number of hydrogen-bond acceptors (Lipinski definition) is 0. The molecule has 0 spiro atoms. The van der Waals surface area contributed by atoms with E-state index in [2.05, 4.69) is 8.14 Å². The third-order valence-electron chi connectivity index (χ3n) is 0.728. The van der Waals surface area contributed by atoms with Gasteiger partial charge in [0.25, 0.3) is 0 Å². The third kappa shape index (κ3) is 1.24. The van der Waals surface area contributed by atoms with E-state index >= 15 is 0 Å². The Labute approximate surface area is 48.5 Å². The molecule has 1 saturated carbocycles. The van der Waals surface area contributed by atoms with Crippen molar-refractivity contribution < 1.29 is 24.7 Å². The van der Waals surface area contributed by atoms with Gasteiger partial charge in [0.05, 0.1) is 0 Å². The van der Waals surface area contributed by atoms with Crippen molar-refractivity contribution in [2.45, 2.75) is 12.8 Å². The molecule has 0 aliphatic heterocycles. The predicted octanol–water partition coefficient (Wildman–Crippen LogP) is -4.06. The molecule has 2 heteroatoms. The zero-order valence-electron chi connectivity index (χ0n) is 3.79. The first-order valence-corrected chi connectivity index (χ1v) is 5.26. The van der Waals surface area contributed by atoms with Crippen molar-refractivity contribution in [2.24, 2.45) is 0 Å². The van der Waals surface area contributed by atoms with Crippen LogP contribution in [0.5, 0.6) is 0 Å². The van der Waals surface area contributed by atoms with Gasteiger partial charge in [0.15, 0.2) is 0 Å². The molecule has 0 atom stereocenters. The van der Waals surface area contributed by atoms with Gasteiger partial charge in [-0.3, -0.25) is 0 Å². The Balaban J connectivity index is 2.24. The Morgan fingerprint density at radius 1 is 1.67 bits per heavy atom. The fourth-order valence-corrected chi connectivity index (χ4v) is 1.59. The van der Waals surface area contributed by atoms with Gasteiger partial charge >= 0.3 is 48.2 Å². The number of halogens is 1. The monoisotopic (exact) mass is 197 g/mol. The van der Waals surface area contributed by atoms with E-state index in [4.69, 9.17) is 0 Å². The van der Waals surface area contributed by atoms with E-state index in [0.717, 1.165) is 0 Å². The van der Waals surface area contributed by atoms with E-state index < -0.39 is 0 Å². The molecule has 0 heterocycles. The van der Waals surface area contributed by atoms with Crippen LogP contribution in [0.3, 0.4) is 0 Å². The third-order valence-corrected chi connectivity index (χ3v) is 2.03. The molecule has 0 saturated heterocycles. The predicted molar refractivity (Wildman–Crippen MR) is 21.1 cm³/mol. The fraction of sp³-hybridized carbons (Fsp3) is 0.750. The molecule has 0 aromatic heterocycles. The summed E-state index contributed by atoms with van der Waals surface area (Å²) in [5, 5.41) is 0. The van der Waals surface area contributed by atoms with E-state index in [1.54, 1.807) is 5.71 Å². The zero-order valence-corrected chi connectivity index (χ0v) is 5.95. The molecule has 1 aliphatic rings. The van der Waals surface area contributed by atoms with Crippen LogP contribution in [0.2, 0.25) is 0 Å². The first kappa shape index (κ1) is 4.56. The summed E-state index contributed by atoms with van der Waals surface area (Å²) in [6.07, 6.45) is 2.71. The van der Waals surface area contributed by atoms with Crippen molar-refractivity contribution >= 4 is 5.71 Å². The van der Waals surface area contributed by atoms with Crippen LogP contribution in [0.1, 0.15) is 12.8 Å². The summed E-state index contributed by atoms with van der Waals surface area (Å²) in [4.78, 5) is 2.24. The minimum absolute atomic E-state index is 0.343. The zero-order chi connectivity index (χ0) is 4.41. The van der Waals surface area contributed by atoms with E-state index in [0.29, 0.717) is 21.5 Å². The minimum atomic E-state index is 0.343. The van der Waals surface area contributed by atoms with Gasteiger partial charge < -0.3 is 0 Å². The Morgan fingerprint density at radius 2 is 2.33 bits per heavy atom. The standard InChI is InChI=1S/C4H8IN/c1-5-6-4-2-3-4/h6H,2-3H2,1H3. The molecule has 1 nitrogen and oxygen atoms in total. The van der Waals surface area contributed by atoms with Gasteiger partial charge in [-0.25, -0.2) is 0 Å². The average Bonchev–Trinajstić information content (AvgIpc) is 2.21. The molecule has 1 aliphatic carbocycles. The maximum atomic E-state index is 3.35. The molecule has 0 bridgehead atoms. The van der Waals surface area contributed by atoms with Crippen LogP contribution < -0.4 is 24.7 Å². The van der Waals surface area contributed by atoms with Gasteiger partial charge in [-0.1, -0.05) is 0 Å². The van der Waals surface area contributed by atoms with Crippen molar-refractivity contribution in [3.8, 4) is 0 Å². The Morgan fingerprint density at radius 3 is 2.50 bits per heavy atom. The summed E-state index contributed by atoms with van der Waals surface area (Å²) in [5.74, 6) is 0. The second-order valence-electron chi connectivity index (χ2n) is 1.39. The van der Waals surface area contributed by atoms with E-state index in [9.17, 15) is 0 Å². The first-order chi connectivity index (χ1) is 2.93. The fourth-order valence-electron chi connectivity index (χ4n) is 0.291. The quantitative estimate of drug-likeness (QED) is 0.250. The topological polar surface area (TPSA) is 14.0 Å². The number of nitrogens with one attached hydrogen (secondary N) is 1. The average molecular weight is 197 g/mol. The molecule has 0 aromatic carbocycles. The van der Waals surface area contributed by atoms with Crippen molar-refractivity contribution in [2.75, 3.05) is 4.93 Å². The molecular formula is C4H8IN. The first-order valence-electron chi connectivity index (χ1n) is 2.02. The van der Waals surface area contributed by atoms with Crippen LogP contribution in [0.25, 0.3) is 0 Å². The molecule has 6 heavy (non-hydrogen) atoms. The van der Waals surface area contributed by atoms with Crippen LogP contribution in [0.4, 0.5) is 0 Å². The van der Waals surface area contributed by atoms with Gasteiger partial charge in [-0.2, -0.15) is 0 Å². The molecule has 0 radical (unpaired) electrons. The van der Waals surface area contributed by atoms with Crippen molar-refractivity contribution in [1.82, 2.24) is 0 Å².